The van der Waals surface area contributed by atoms with E-state index in [4.69, 9.17) is 9.47 Å². The van der Waals surface area contributed by atoms with Gasteiger partial charge >= 0.3 is 0 Å². The Labute approximate surface area is 173 Å². The van der Waals surface area contributed by atoms with E-state index < -0.39 is 0 Å². The van der Waals surface area contributed by atoms with Crippen molar-refractivity contribution in [2.45, 2.75) is 45.3 Å². The van der Waals surface area contributed by atoms with Gasteiger partial charge in [-0.1, -0.05) is 29.8 Å². The van der Waals surface area contributed by atoms with Gasteiger partial charge in [0, 0.05) is 6.54 Å². The molecule has 0 amide bonds. The lowest BCUT2D eigenvalue weighted by molar-refractivity contribution is 0.284. The van der Waals surface area contributed by atoms with Crippen LogP contribution in [0.5, 0.6) is 11.5 Å². The number of halogens is 2. The van der Waals surface area contributed by atoms with E-state index in [1.807, 2.05) is 12.1 Å². The lowest BCUT2D eigenvalue weighted by atomic mass is 9.97. The molecule has 0 spiro atoms. The van der Waals surface area contributed by atoms with Gasteiger partial charge in [-0.3, -0.25) is 0 Å². The molecule has 0 saturated heterocycles. The number of benzene rings is 2. The zero-order valence-electron chi connectivity index (χ0n) is 16.4. The number of rotatable bonds is 9. The molecule has 0 bridgehead atoms. The van der Waals surface area contributed by atoms with Crippen LogP contribution in [0.15, 0.2) is 54.1 Å². The van der Waals surface area contributed by atoms with Gasteiger partial charge in [-0.25, -0.2) is 4.39 Å². The minimum absolute atomic E-state index is 0. The molecule has 3 nitrogen and oxygen atoms in total. The topological polar surface area (TPSA) is 30.5 Å². The Balaban J connectivity index is 0.00000280. The molecule has 0 radical (unpaired) electrons. The van der Waals surface area contributed by atoms with Crippen molar-refractivity contribution in [3.05, 3.63) is 71.1 Å². The summed E-state index contributed by atoms with van der Waals surface area (Å²) >= 11 is 0. The maximum Gasteiger partial charge on any atom is 0.161 e. The molecular weight excluding hydrogens is 377 g/mol. The van der Waals surface area contributed by atoms with Crippen LogP contribution in [0.2, 0.25) is 0 Å². The number of hydrogen-bond acceptors (Lipinski definition) is 3. The molecule has 0 atom stereocenters. The summed E-state index contributed by atoms with van der Waals surface area (Å²) in [5.74, 6) is 1.16. The minimum Gasteiger partial charge on any atom is -0.493 e. The van der Waals surface area contributed by atoms with E-state index in [0.717, 1.165) is 25.1 Å². The fraction of sp³-hybridized carbons (Fsp3) is 0.391. The Morgan fingerprint density at radius 1 is 1.00 bits per heavy atom. The molecule has 152 valence electrons. The first kappa shape index (κ1) is 22.3. The third-order valence-corrected chi connectivity index (χ3v) is 4.87. The highest BCUT2D eigenvalue weighted by Gasteiger charge is 2.07. The van der Waals surface area contributed by atoms with Gasteiger partial charge in [0.25, 0.3) is 0 Å². The van der Waals surface area contributed by atoms with Crippen molar-refractivity contribution >= 4 is 12.4 Å². The molecule has 1 aliphatic carbocycles. The first-order valence-corrected chi connectivity index (χ1v) is 9.67. The maximum atomic E-state index is 13.0. The van der Waals surface area contributed by atoms with Crippen LogP contribution < -0.4 is 14.8 Å². The van der Waals surface area contributed by atoms with Crippen molar-refractivity contribution in [1.82, 2.24) is 5.32 Å². The van der Waals surface area contributed by atoms with Gasteiger partial charge in [0.1, 0.15) is 12.4 Å². The van der Waals surface area contributed by atoms with Gasteiger partial charge < -0.3 is 14.8 Å². The van der Waals surface area contributed by atoms with Crippen molar-refractivity contribution in [3.8, 4) is 11.5 Å². The molecule has 2 aromatic rings. The zero-order valence-corrected chi connectivity index (χ0v) is 17.2. The molecule has 2 aromatic carbocycles. The predicted molar refractivity (Wildman–Crippen MR) is 114 cm³/mol. The second-order valence-electron chi connectivity index (χ2n) is 6.94. The van der Waals surface area contributed by atoms with Crippen molar-refractivity contribution in [2.75, 3.05) is 13.7 Å². The SMILES string of the molecule is COc1cc(CNCCC2=CCCCC2)ccc1OCc1ccc(F)cc1.Cl. The lowest BCUT2D eigenvalue weighted by Crippen LogP contribution is -2.15. The first-order valence-electron chi connectivity index (χ1n) is 9.67. The maximum absolute atomic E-state index is 13.0. The van der Waals surface area contributed by atoms with E-state index in [2.05, 4.69) is 17.5 Å². The standard InChI is InChI=1S/C23H28FNO2.ClH/c1-26-23-15-20(16-25-14-13-18-5-3-2-4-6-18)9-12-22(23)27-17-19-7-10-21(24)11-8-19;/h5,7-12,15,25H,2-4,6,13-14,16-17H2,1H3;1H. The van der Waals surface area contributed by atoms with Gasteiger partial charge in [0.2, 0.25) is 0 Å². The largest absolute Gasteiger partial charge is 0.493 e. The van der Waals surface area contributed by atoms with Crippen LogP contribution >= 0.6 is 12.4 Å². The van der Waals surface area contributed by atoms with Crippen LogP contribution in [-0.4, -0.2) is 13.7 Å². The fourth-order valence-electron chi connectivity index (χ4n) is 3.30. The van der Waals surface area contributed by atoms with E-state index >= 15 is 0 Å². The van der Waals surface area contributed by atoms with Crippen LogP contribution in [0.3, 0.4) is 0 Å². The third-order valence-electron chi connectivity index (χ3n) is 4.87. The van der Waals surface area contributed by atoms with Crippen molar-refractivity contribution in [3.63, 3.8) is 0 Å². The smallest absolute Gasteiger partial charge is 0.161 e. The molecule has 0 aliphatic heterocycles. The van der Waals surface area contributed by atoms with Crippen molar-refractivity contribution in [1.29, 1.82) is 0 Å². The Morgan fingerprint density at radius 3 is 2.50 bits per heavy atom. The molecule has 28 heavy (non-hydrogen) atoms. The lowest BCUT2D eigenvalue weighted by Gasteiger charge is -2.14. The zero-order chi connectivity index (χ0) is 18.9. The highest BCUT2D eigenvalue weighted by molar-refractivity contribution is 5.85. The Morgan fingerprint density at radius 2 is 1.79 bits per heavy atom. The molecule has 0 unspecified atom stereocenters. The molecular formula is C23H29ClFNO2. The van der Waals surface area contributed by atoms with Gasteiger partial charge in [-0.05, 0) is 74.0 Å². The van der Waals surface area contributed by atoms with E-state index in [1.54, 1.807) is 24.8 Å². The Kier molecular flexibility index (Phi) is 9.32. The summed E-state index contributed by atoms with van der Waals surface area (Å²) in [6.07, 6.45) is 8.72. The average molecular weight is 406 g/mol. The van der Waals surface area contributed by atoms with E-state index in [-0.39, 0.29) is 18.2 Å². The van der Waals surface area contributed by atoms with Crippen LogP contribution in [-0.2, 0) is 13.2 Å². The molecule has 0 saturated carbocycles. The highest BCUT2D eigenvalue weighted by atomic mass is 35.5. The van der Waals surface area contributed by atoms with Gasteiger partial charge in [-0.15, -0.1) is 12.4 Å². The number of nitrogens with one attached hydrogen (secondary N) is 1. The Bertz CT molecular complexity index is 762. The summed E-state index contributed by atoms with van der Waals surface area (Å²) in [5.41, 5.74) is 3.68. The van der Waals surface area contributed by atoms with Crippen molar-refractivity contribution in [2.24, 2.45) is 0 Å². The molecule has 1 N–H and O–H groups in total. The second-order valence-corrected chi connectivity index (χ2v) is 6.94. The van der Waals surface area contributed by atoms with E-state index in [9.17, 15) is 4.39 Å². The summed E-state index contributed by atoms with van der Waals surface area (Å²) in [7, 11) is 1.65. The van der Waals surface area contributed by atoms with Crippen LogP contribution in [0.4, 0.5) is 4.39 Å². The minimum atomic E-state index is -0.243. The average Bonchev–Trinajstić information content (AvgIpc) is 2.72. The summed E-state index contributed by atoms with van der Waals surface area (Å²) in [6, 6.07) is 12.3. The molecule has 0 aromatic heterocycles. The fourth-order valence-corrected chi connectivity index (χ4v) is 3.30. The molecule has 5 heteroatoms. The molecule has 0 fully saturated rings. The van der Waals surface area contributed by atoms with E-state index in [0.29, 0.717) is 18.1 Å². The van der Waals surface area contributed by atoms with Gasteiger partial charge in [-0.2, -0.15) is 0 Å². The van der Waals surface area contributed by atoms with Gasteiger partial charge in [0.05, 0.1) is 7.11 Å². The summed E-state index contributed by atoms with van der Waals surface area (Å²) in [4.78, 5) is 0. The summed E-state index contributed by atoms with van der Waals surface area (Å²) < 4.78 is 24.3. The number of hydrogen-bond donors (Lipinski definition) is 1. The molecule has 1 aliphatic rings. The number of ether oxygens (including phenoxy) is 2. The first-order chi connectivity index (χ1) is 13.2. The highest BCUT2D eigenvalue weighted by Crippen LogP contribution is 2.29. The van der Waals surface area contributed by atoms with Crippen LogP contribution in [0.1, 0.15) is 43.2 Å². The second kappa shape index (κ2) is 11.7. The summed E-state index contributed by atoms with van der Waals surface area (Å²) in [5, 5.41) is 3.51. The van der Waals surface area contributed by atoms with Gasteiger partial charge in [0.15, 0.2) is 11.5 Å². The molecule has 3 rings (SSSR count). The van der Waals surface area contributed by atoms with E-state index in [1.165, 1.54) is 43.4 Å². The summed E-state index contributed by atoms with van der Waals surface area (Å²) in [6.45, 7) is 2.18. The number of allylic oxidation sites excluding steroid dienone is 1. The monoisotopic (exact) mass is 405 g/mol. The predicted octanol–water partition coefficient (Wildman–Crippen LogP) is 5.82. The van der Waals surface area contributed by atoms with Crippen LogP contribution in [0.25, 0.3) is 0 Å². The third kappa shape index (κ3) is 6.84. The quantitative estimate of drug-likeness (QED) is 0.421. The normalized spacial score (nSPS) is 13.4. The molecule has 0 heterocycles. The number of methoxy groups -OCH3 is 1. The van der Waals surface area contributed by atoms with Crippen LogP contribution in [0, 0.1) is 5.82 Å². The van der Waals surface area contributed by atoms with Crippen molar-refractivity contribution < 1.29 is 13.9 Å². The Hall–Kier alpha value is -2.04.